The third-order valence-electron chi connectivity index (χ3n) is 3.83. The summed E-state index contributed by atoms with van der Waals surface area (Å²) >= 11 is 6.21. The number of halogens is 1. The molecule has 0 heterocycles. The minimum absolute atomic E-state index is 0.570. The van der Waals surface area contributed by atoms with Crippen LogP contribution in [-0.4, -0.2) is 10.7 Å². The Morgan fingerprint density at radius 3 is 2.75 bits per heavy atom. The summed E-state index contributed by atoms with van der Waals surface area (Å²) in [5.41, 5.74) is 2.92. The fraction of sp³-hybridized carbons (Fsp3) is 0.429. The van der Waals surface area contributed by atoms with Gasteiger partial charge >= 0.3 is 0 Å². The quantitative estimate of drug-likeness (QED) is 0.788. The number of aliphatic hydroxyl groups is 1. The molecule has 0 unspecified atom stereocenters. The van der Waals surface area contributed by atoms with E-state index in [0.717, 1.165) is 42.7 Å². The molecule has 0 spiro atoms. The Labute approximate surface area is 101 Å². The van der Waals surface area contributed by atoms with Crippen LogP contribution in [0.25, 0.3) is 5.57 Å². The monoisotopic (exact) mass is 234 g/mol. The van der Waals surface area contributed by atoms with Crippen molar-refractivity contribution in [3.8, 4) is 0 Å². The van der Waals surface area contributed by atoms with Crippen molar-refractivity contribution in [2.24, 2.45) is 0 Å². The summed E-state index contributed by atoms with van der Waals surface area (Å²) in [6, 6.07) is 6.00. The second-order valence-corrected chi connectivity index (χ2v) is 5.21. The summed E-state index contributed by atoms with van der Waals surface area (Å²) in [4.78, 5) is 0. The second-order valence-electron chi connectivity index (χ2n) is 4.81. The van der Waals surface area contributed by atoms with Crippen LogP contribution in [0.5, 0.6) is 0 Å². The van der Waals surface area contributed by atoms with Gasteiger partial charge in [0.2, 0.25) is 0 Å². The maximum Gasteiger partial charge on any atom is 0.0899 e. The van der Waals surface area contributed by atoms with E-state index in [-0.39, 0.29) is 0 Å². The maximum absolute atomic E-state index is 10.5. The molecule has 84 valence electrons. The van der Waals surface area contributed by atoms with Gasteiger partial charge in [-0.15, -0.1) is 0 Å². The van der Waals surface area contributed by atoms with Crippen molar-refractivity contribution in [1.29, 1.82) is 0 Å². The number of rotatable bonds is 1. The van der Waals surface area contributed by atoms with Gasteiger partial charge in [0.05, 0.1) is 5.60 Å². The zero-order chi connectivity index (χ0) is 11.2. The largest absolute Gasteiger partial charge is 0.385 e. The Bertz CT molecular complexity index is 458. The highest BCUT2D eigenvalue weighted by Crippen LogP contribution is 2.46. The lowest BCUT2D eigenvalue weighted by Gasteiger charge is -2.41. The summed E-state index contributed by atoms with van der Waals surface area (Å²) in [6.45, 7) is 0. The molecule has 1 saturated carbocycles. The van der Waals surface area contributed by atoms with E-state index in [1.807, 2.05) is 12.1 Å². The van der Waals surface area contributed by atoms with Crippen LogP contribution in [0.15, 0.2) is 24.3 Å². The Morgan fingerprint density at radius 2 is 2.06 bits per heavy atom. The predicted molar refractivity (Wildman–Crippen MR) is 66.6 cm³/mol. The number of allylic oxidation sites excluding steroid dienone is 1. The van der Waals surface area contributed by atoms with Gasteiger partial charge in [-0.2, -0.15) is 0 Å². The number of hydrogen-bond donors (Lipinski definition) is 1. The molecule has 3 rings (SSSR count). The normalized spacial score (nSPS) is 22.0. The molecule has 2 aliphatic carbocycles. The lowest BCUT2D eigenvalue weighted by molar-refractivity contribution is 0.0240. The smallest absolute Gasteiger partial charge is 0.0899 e. The minimum atomic E-state index is -0.570. The molecule has 0 aromatic heterocycles. The molecule has 1 aromatic carbocycles. The van der Waals surface area contributed by atoms with Crippen LogP contribution in [0.3, 0.4) is 0 Å². The summed E-state index contributed by atoms with van der Waals surface area (Å²) in [6.07, 6.45) is 7.10. The molecule has 2 heteroatoms. The van der Waals surface area contributed by atoms with Crippen molar-refractivity contribution >= 4 is 17.2 Å². The summed E-state index contributed by atoms with van der Waals surface area (Å²) in [5.74, 6) is 0. The molecular weight excluding hydrogens is 220 g/mol. The molecule has 0 aliphatic heterocycles. The van der Waals surface area contributed by atoms with E-state index in [1.165, 1.54) is 11.1 Å². The standard InChI is InChI=1S/C14H15ClO/c15-13-7-2-4-10-11(13)5-1-6-12(10)14(16)8-3-9-14/h2,4,6-7,16H,1,3,5,8-9H2. The van der Waals surface area contributed by atoms with Gasteiger partial charge in [-0.1, -0.05) is 29.8 Å². The molecular formula is C14H15ClO. The van der Waals surface area contributed by atoms with Gasteiger partial charge < -0.3 is 5.11 Å². The van der Waals surface area contributed by atoms with Gasteiger partial charge in [0.25, 0.3) is 0 Å². The van der Waals surface area contributed by atoms with Crippen molar-refractivity contribution in [1.82, 2.24) is 0 Å². The van der Waals surface area contributed by atoms with Crippen LogP contribution in [0.1, 0.15) is 36.8 Å². The van der Waals surface area contributed by atoms with E-state index in [2.05, 4.69) is 12.1 Å². The average Bonchev–Trinajstić information content (AvgIpc) is 2.26. The molecule has 0 bridgehead atoms. The molecule has 1 fully saturated rings. The molecule has 1 nitrogen and oxygen atoms in total. The average molecular weight is 235 g/mol. The van der Waals surface area contributed by atoms with E-state index in [0.29, 0.717) is 0 Å². The zero-order valence-electron chi connectivity index (χ0n) is 9.17. The van der Waals surface area contributed by atoms with E-state index < -0.39 is 5.60 Å². The highest BCUT2D eigenvalue weighted by Gasteiger charge is 2.40. The van der Waals surface area contributed by atoms with Gasteiger partial charge in [0.15, 0.2) is 0 Å². The van der Waals surface area contributed by atoms with E-state index in [1.54, 1.807) is 0 Å². The maximum atomic E-state index is 10.5. The van der Waals surface area contributed by atoms with Crippen molar-refractivity contribution in [3.63, 3.8) is 0 Å². The van der Waals surface area contributed by atoms with Crippen LogP contribution in [0, 0.1) is 0 Å². The molecule has 1 aromatic rings. The fourth-order valence-electron chi connectivity index (χ4n) is 2.76. The van der Waals surface area contributed by atoms with Crippen molar-refractivity contribution < 1.29 is 5.11 Å². The molecule has 1 N–H and O–H groups in total. The van der Waals surface area contributed by atoms with Gasteiger partial charge in [-0.25, -0.2) is 0 Å². The Balaban J connectivity index is 2.10. The Hall–Kier alpha value is -0.790. The molecule has 0 amide bonds. The third-order valence-corrected chi connectivity index (χ3v) is 4.19. The summed E-state index contributed by atoms with van der Waals surface area (Å²) < 4.78 is 0. The van der Waals surface area contributed by atoms with Crippen LogP contribution >= 0.6 is 11.6 Å². The third kappa shape index (κ3) is 1.42. The molecule has 0 radical (unpaired) electrons. The fourth-order valence-corrected chi connectivity index (χ4v) is 3.03. The van der Waals surface area contributed by atoms with Crippen LogP contribution < -0.4 is 0 Å². The minimum Gasteiger partial charge on any atom is -0.385 e. The predicted octanol–water partition coefficient (Wildman–Crippen LogP) is 3.58. The second kappa shape index (κ2) is 3.61. The summed E-state index contributed by atoms with van der Waals surface area (Å²) in [5, 5.41) is 11.3. The van der Waals surface area contributed by atoms with Crippen LogP contribution in [0.4, 0.5) is 0 Å². The van der Waals surface area contributed by atoms with Gasteiger partial charge in [0, 0.05) is 5.02 Å². The highest BCUT2D eigenvalue weighted by molar-refractivity contribution is 6.31. The highest BCUT2D eigenvalue weighted by atomic mass is 35.5. The van der Waals surface area contributed by atoms with E-state index in [4.69, 9.17) is 11.6 Å². The first kappa shape index (κ1) is 10.4. The first-order valence-corrected chi connectivity index (χ1v) is 6.29. The number of benzene rings is 1. The molecule has 16 heavy (non-hydrogen) atoms. The topological polar surface area (TPSA) is 20.2 Å². The summed E-state index contributed by atoms with van der Waals surface area (Å²) in [7, 11) is 0. The number of hydrogen-bond acceptors (Lipinski definition) is 1. The van der Waals surface area contributed by atoms with Crippen LogP contribution in [-0.2, 0) is 6.42 Å². The lowest BCUT2D eigenvalue weighted by Crippen LogP contribution is -2.38. The van der Waals surface area contributed by atoms with E-state index in [9.17, 15) is 5.11 Å². The number of fused-ring (bicyclic) bond motifs is 1. The van der Waals surface area contributed by atoms with Crippen molar-refractivity contribution in [2.75, 3.05) is 0 Å². The Morgan fingerprint density at radius 1 is 1.25 bits per heavy atom. The molecule has 2 aliphatic rings. The van der Waals surface area contributed by atoms with E-state index >= 15 is 0 Å². The van der Waals surface area contributed by atoms with Crippen molar-refractivity contribution in [3.05, 3.63) is 40.4 Å². The Kier molecular flexibility index (Phi) is 2.34. The molecule has 0 atom stereocenters. The van der Waals surface area contributed by atoms with Crippen LogP contribution in [0.2, 0.25) is 5.02 Å². The zero-order valence-corrected chi connectivity index (χ0v) is 9.93. The van der Waals surface area contributed by atoms with Gasteiger partial charge in [-0.05, 0) is 54.9 Å². The lowest BCUT2D eigenvalue weighted by atomic mass is 9.70. The van der Waals surface area contributed by atoms with Crippen molar-refractivity contribution in [2.45, 2.75) is 37.7 Å². The SMILES string of the molecule is OC1(C2=CCCc3c(Cl)cccc32)CCC1. The van der Waals surface area contributed by atoms with Gasteiger partial charge in [0.1, 0.15) is 0 Å². The first-order chi connectivity index (χ1) is 7.71. The molecule has 0 saturated heterocycles. The van der Waals surface area contributed by atoms with Gasteiger partial charge in [-0.3, -0.25) is 0 Å². The first-order valence-electron chi connectivity index (χ1n) is 5.91.